The number of carbonyl (C=O) groups excluding carboxylic acids is 1. The lowest BCUT2D eigenvalue weighted by molar-refractivity contribution is 0.0933. The molecule has 0 saturated heterocycles. The molecule has 2 aromatic rings. The molecular weight excluding hydrogens is 240 g/mol. The lowest BCUT2D eigenvalue weighted by Gasteiger charge is -2.17. The molecule has 19 heavy (non-hydrogen) atoms. The zero-order valence-corrected chi connectivity index (χ0v) is 10.7. The van der Waals surface area contributed by atoms with E-state index in [2.05, 4.69) is 0 Å². The first-order valence-electron chi connectivity index (χ1n) is 6.22. The smallest absolute Gasteiger partial charge is 0.169 e. The molecule has 0 bridgehead atoms. The topological polar surface area (TPSA) is 35.5 Å². The normalized spacial score (nSPS) is 13.6. The summed E-state index contributed by atoms with van der Waals surface area (Å²) < 4.78 is 10.8. The summed E-state index contributed by atoms with van der Waals surface area (Å²) in [5.74, 6) is 1.64. The number of rotatable bonds is 2. The molecule has 96 valence electrons. The maximum absolute atomic E-state index is 11.7. The Kier molecular flexibility index (Phi) is 2.95. The Hall–Kier alpha value is -2.29. The van der Waals surface area contributed by atoms with Crippen LogP contribution in [0.4, 0.5) is 0 Å². The van der Waals surface area contributed by atoms with Crippen LogP contribution < -0.4 is 9.47 Å². The van der Waals surface area contributed by atoms with E-state index in [9.17, 15) is 4.79 Å². The molecule has 0 N–H and O–H groups in total. The third kappa shape index (κ3) is 2.19. The second-order valence-electron chi connectivity index (χ2n) is 4.46. The molecule has 1 heterocycles. The van der Waals surface area contributed by atoms with Crippen molar-refractivity contribution in [3.05, 3.63) is 48.0 Å². The first kappa shape index (κ1) is 11.8. The number of ether oxygens (including phenoxy) is 2. The van der Waals surface area contributed by atoms with E-state index in [-0.39, 0.29) is 5.78 Å². The molecule has 1 aliphatic rings. The third-order valence-corrected chi connectivity index (χ3v) is 3.27. The maximum Gasteiger partial charge on any atom is 0.169 e. The number of Topliss-reactive ketones (excluding diaryl/α,β-unsaturated/α-hetero) is 1. The van der Waals surface area contributed by atoms with E-state index in [4.69, 9.17) is 9.47 Å². The van der Waals surface area contributed by atoms with E-state index in [0.29, 0.717) is 24.3 Å². The predicted octanol–water partition coefficient (Wildman–Crippen LogP) is 3.33. The molecule has 0 fully saturated rings. The largest absolute Gasteiger partial charge is 0.497 e. The van der Waals surface area contributed by atoms with Crippen molar-refractivity contribution < 1.29 is 14.3 Å². The molecular formula is C16H14O3. The number of hydrogen-bond donors (Lipinski definition) is 0. The molecule has 0 saturated carbocycles. The van der Waals surface area contributed by atoms with Gasteiger partial charge in [0.2, 0.25) is 0 Å². The molecule has 0 unspecified atom stereocenters. The van der Waals surface area contributed by atoms with Gasteiger partial charge in [-0.2, -0.15) is 0 Å². The Morgan fingerprint density at radius 2 is 1.95 bits per heavy atom. The van der Waals surface area contributed by atoms with Gasteiger partial charge in [0.15, 0.2) is 5.78 Å². The van der Waals surface area contributed by atoms with Gasteiger partial charge in [0, 0.05) is 6.42 Å². The molecule has 0 aliphatic carbocycles. The van der Waals surface area contributed by atoms with Crippen molar-refractivity contribution in [3.8, 4) is 22.6 Å². The van der Waals surface area contributed by atoms with Crippen molar-refractivity contribution in [2.75, 3.05) is 13.7 Å². The van der Waals surface area contributed by atoms with Gasteiger partial charge in [-0.1, -0.05) is 18.2 Å². The molecule has 0 spiro atoms. The van der Waals surface area contributed by atoms with E-state index in [1.807, 2.05) is 42.5 Å². The zero-order chi connectivity index (χ0) is 13.2. The summed E-state index contributed by atoms with van der Waals surface area (Å²) in [4.78, 5) is 11.7. The number of benzene rings is 2. The van der Waals surface area contributed by atoms with Crippen molar-refractivity contribution in [1.29, 1.82) is 0 Å². The van der Waals surface area contributed by atoms with Gasteiger partial charge >= 0.3 is 0 Å². The first-order chi connectivity index (χ1) is 9.28. The van der Waals surface area contributed by atoms with Crippen LogP contribution in [-0.4, -0.2) is 19.5 Å². The average Bonchev–Trinajstić information content (AvgIpc) is 2.47. The second-order valence-corrected chi connectivity index (χ2v) is 4.46. The minimum Gasteiger partial charge on any atom is -0.497 e. The van der Waals surface area contributed by atoms with Gasteiger partial charge in [0.1, 0.15) is 11.5 Å². The summed E-state index contributed by atoms with van der Waals surface area (Å²) in [6, 6.07) is 13.5. The summed E-state index contributed by atoms with van der Waals surface area (Å²) in [7, 11) is 1.65. The van der Waals surface area contributed by atoms with Crippen molar-refractivity contribution >= 4 is 5.78 Å². The fourth-order valence-electron chi connectivity index (χ4n) is 2.24. The number of methoxy groups -OCH3 is 1. The summed E-state index contributed by atoms with van der Waals surface area (Å²) in [6.45, 7) is 0.466. The monoisotopic (exact) mass is 254 g/mol. The highest BCUT2D eigenvalue weighted by molar-refractivity contribution is 6.00. The number of ketones is 1. The van der Waals surface area contributed by atoms with Crippen LogP contribution in [-0.2, 0) is 0 Å². The van der Waals surface area contributed by atoms with Crippen LogP contribution in [0, 0.1) is 0 Å². The fourth-order valence-corrected chi connectivity index (χ4v) is 2.24. The van der Waals surface area contributed by atoms with Crippen molar-refractivity contribution in [1.82, 2.24) is 0 Å². The summed E-state index contributed by atoms with van der Waals surface area (Å²) in [5, 5.41) is 0. The van der Waals surface area contributed by atoms with E-state index in [1.54, 1.807) is 7.11 Å². The van der Waals surface area contributed by atoms with Crippen LogP contribution in [0.25, 0.3) is 11.1 Å². The summed E-state index contributed by atoms with van der Waals surface area (Å²) in [5.41, 5.74) is 2.74. The van der Waals surface area contributed by atoms with Gasteiger partial charge in [-0.15, -0.1) is 0 Å². The van der Waals surface area contributed by atoms with Gasteiger partial charge in [-0.25, -0.2) is 0 Å². The lowest BCUT2D eigenvalue weighted by Crippen LogP contribution is -2.15. The molecule has 0 atom stereocenters. The third-order valence-electron chi connectivity index (χ3n) is 3.27. The van der Waals surface area contributed by atoms with Crippen molar-refractivity contribution in [3.63, 3.8) is 0 Å². The predicted molar refractivity (Wildman–Crippen MR) is 72.9 cm³/mol. The first-order valence-corrected chi connectivity index (χ1v) is 6.22. The van der Waals surface area contributed by atoms with E-state index < -0.39 is 0 Å². The molecule has 1 aliphatic heterocycles. The quantitative estimate of drug-likeness (QED) is 0.824. The average molecular weight is 254 g/mol. The van der Waals surface area contributed by atoms with Crippen molar-refractivity contribution in [2.24, 2.45) is 0 Å². The Bertz CT molecular complexity index is 632. The number of carbonyl (C=O) groups is 1. The fraction of sp³-hybridized carbons (Fsp3) is 0.188. The molecule has 3 rings (SSSR count). The molecule has 2 aromatic carbocycles. The molecule has 0 amide bonds. The van der Waals surface area contributed by atoms with Gasteiger partial charge in [-0.3, -0.25) is 4.79 Å². The van der Waals surface area contributed by atoms with E-state index in [0.717, 1.165) is 16.9 Å². The van der Waals surface area contributed by atoms with Crippen LogP contribution >= 0.6 is 0 Å². The van der Waals surface area contributed by atoms with E-state index in [1.165, 1.54) is 0 Å². The number of fused-ring (bicyclic) bond motifs is 1. The standard InChI is InChI=1S/C16H14O3/c1-18-13-4-2-3-11(9-13)12-5-6-14-15(17)7-8-19-16(14)10-12/h2-6,9-10H,7-8H2,1H3. The highest BCUT2D eigenvalue weighted by atomic mass is 16.5. The van der Waals surface area contributed by atoms with Crippen LogP contribution in [0.5, 0.6) is 11.5 Å². The van der Waals surface area contributed by atoms with Crippen molar-refractivity contribution in [2.45, 2.75) is 6.42 Å². The molecule has 0 radical (unpaired) electrons. The Morgan fingerprint density at radius 1 is 1.11 bits per heavy atom. The lowest BCUT2D eigenvalue weighted by atomic mass is 9.99. The van der Waals surface area contributed by atoms with Crippen LogP contribution in [0.15, 0.2) is 42.5 Å². The van der Waals surface area contributed by atoms with Gasteiger partial charge in [0.25, 0.3) is 0 Å². The van der Waals surface area contributed by atoms with Crippen LogP contribution in [0.3, 0.4) is 0 Å². The molecule has 3 heteroatoms. The SMILES string of the molecule is COc1cccc(-c2ccc3c(c2)OCCC3=O)c1. The van der Waals surface area contributed by atoms with Crippen LogP contribution in [0.2, 0.25) is 0 Å². The molecule has 3 nitrogen and oxygen atoms in total. The zero-order valence-electron chi connectivity index (χ0n) is 10.7. The maximum atomic E-state index is 11.7. The highest BCUT2D eigenvalue weighted by Crippen LogP contribution is 2.31. The minimum absolute atomic E-state index is 0.151. The van der Waals surface area contributed by atoms with Gasteiger partial charge in [0.05, 0.1) is 19.3 Å². The Morgan fingerprint density at radius 3 is 2.79 bits per heavy atom. The highest BCUT2D eigenvalue weighted by Gasteiger charge is 2.18. The summed E-state index contributed by atoms with van der Waals surface area (Å²) in [6.07, 6.45) is 0.464. The van der Waals surface area contributed by atoms with E-state index >= 15 is 0 Å². The van der Waals surface area contributed by atoms with Gasteiger partial charge in [-0.05, 0) is 35.4 Å². The van der Waals surface area contributed by atoms with Crippen LogP contribution in [0.1, 0.15) is 16.8 Å². The molecule has 0 aromatic heterocycles. The minimum atomic E-state index is 0.151. The Balaban J connectivity index is 2.04. The summed E-state index contributed by atoms with van der Waals surface area (Å²) >= 11 is 0. The van der Waals surface area contributed by atoms with Gasteiger partial charge < -0.3 is 9.47 Å². The number of hydrogen-bond acceptors (Lipinski definition) is 3. The Labute approximate surface area is 111 Å². The second kappa shape index (κ2) is 4.76.